The first kappa shape index (κ1) is 15.8. The molecule has 1 unspecified atom stereocenters. The summed E-state index contributed by atoms with van der Waals surface area (Å²) in [7, 11) is 0. The molecule has 0 saturated heterocycles. The van der Waals surface area contributed by atoms with Crippen molar-refractivity contribution in [3.05, 3.63) is 88.1 Å². The minimum atomic E-state index is -0.121. The second-order valence-corrected chi connectivity index (χ2v) is 6.92. The average Bonchev–Trinajstić information content (AvgIpc) is 3.14. The Hall–Kier alpha value is -2.04. The molecule has 1 amide bonds. The number of amides is 1. The Bertz CT molecular complexity index is 752. The lowest BCUT2D eigenvalue weighted by Gasteiger charge is -2.18. The number of nitrogens with one attached hydrogen (secondary N) is 1. The van der Waals surface area contributed by atoms with Crippen molar-refractivity contribution in [3.63, 3.8) is 0 Å². The van der Waals surface area contributed by atoms with Crippen LogP contribution in [-0.2, 0) is 0 Å². The van der Waals surface area contributed by atoms with E-state index in [0.717, 1.165) is 15.3 Å². The summed E-state index contributed by atoms with van der Waals surface area (Å²) in [5.74, 6) is -0.0556. The topological polar surface area (TPSA) is 29.1 Å². The third-order valence-electron chi connectivity index (χ3n) is 3.59. The normalized spacial score (nSPS) is 11.9. The van der Waals surface area contributed by atoms with E-state index in [1.165, 1.54) is 0 Å². The first-order valence-electron chi connectivity index (χ1n) is 7.31. The highest BCUT2D eigenvalue weighted by molar-refractivity contribution is 7.98. The molecule has 0 aliphatic rings. The van der Waals surface area contributed by atoms with Crippen molar-refractivity contribution in [2.45, 2.75) is 10.9 Å². The number of thiophene rings is 1. The van der Waals surface area contributed by atoms with Crippen molar-refractivity contribution in [2.75, 3.05) is 6.26 Å². The summed E-state index contributed by atoms with van der Waals surface area (Å²) in [4.78, 5) is 14.9. The van der Waals surface area contributed by atoms with Crippen LogP contribution in [0.15, 0.2) is 77.0 Å². The molecule has 1 N–H and O–H groups in total. The Morgan fingerprint density at radius 2 is 1.74 bits per heavy atom. The molecule has 3 rings (SSSR count). The molecular weight excluding hydrogens is 322 g/mol. The van der Waals surface area contributed by atoms with Crippen LogP contribution >= 0.6 is 23.1 Å². The monoisotopic (exact) mass is 339 g/mol. The van der Waals surface area contributed by atoms with Gasteiger partial charge in [0.05, 0.1) is 6.04 Å². The second kappa shape index (κ2) is 7.49. The van der Waals surface area contributed by atoms with E-state index in [2.05, 4.69) is 11.4 Å². The number of carbonyl (C=O) groups excluding carboxylic acids is 1. The molecule has 0 saturated carbocycles. The maximum atomic E-state index is 12.6. The van der Waals surface area contributed by atoms with Crippen molar-refractivity contribution in [1.29, 1.82) is 0 Å². The Balaban J connectivity index is 1.85. The van der Waals surface area contributed by atoms with Crippen LogP contribution in [0.25, 0.3) is 0 Å². The minimum Gasteiger partial charge on any atom is -0.340 e. The SMILES string of the molecule is CSc1ccc(C(=O)NC(c2ccccc2)c2cccs2)cc1. The first-order valence-corrected chi connectivity index (χ1v) is 9.41. The number of hydrogen-bond donors (Lipinski definition) is 1. The van der Waals surface area contributed by atoms with E-state index >= 15 is 0 Å². The Morgan fingerprint density at radius 3 is 2.35 bits per heavy atom. The van der Waals surface area contributed by atoms with E-state index in [9.17, 15) is 4.79 Å². The van der Waals surface area contributed by atoms with Crippen LogP contribution in [0, 0.1) is 0 Å². The highest BCUT2D eigenvalue weighted by atomic mass is 32.2. The van der Waals surface area contributed by atoms with Crippen molar-refractivity contribution in [3.8, 4) is 0 Å². The van der Waals surface area contributed by atoms with Gasteiger partial charge in [-0.15, -0.1) is 23.1 Å². The van der Waals surface area contributed by atoms with E-state index < -0.39 is 0 Å². The maximum Gasteiger partial charge on any atom is 0.252 e. The number of benzene rings is 2. The van der Waals surface area contributed by atoms with Crippen LogP contribution in [0.5, 0.6) is 0 Å². The fourth-order valence-electron chi connectivity index (χ4n) is 2.38. The summed E-state index contributed by atoms with van der Waals surface area (Å²) in [5, 5.41) is 5.19. The van der Waals surface area contributed by atoms with E-state index in [0.29, 0.717) is 5.56 Å². The maximum absolute atomic E-state index is 12.6. The van der Waals surface area contributed by atoms with Gasteiger partial charge in [-0.3, -0.25) is 4.79 Å². The molecular formula is C19H17NOS2. The number of carbonyl (C=O) groups is 1. The third kappa shape index (κ3) is 3.84. The smallest absolute Gasteiger partial charge is 0.252 e. The molecule has 2 aromatic carbocycles. The van der Waals surface area contributed by atoms with Crippen LogP contribution in [0.3, 0.4) is 0 Å². The molecule has 4 heteroatoms. The van der Waals surface area contributed by atoms with Gasteiger partial charge in [0, 0.05) is 15.3 Å². The van der Waals surface area contributed by atoms with Crippen molar-refractivity contribution in [1.82, 2.24) is 5.32 Å². The van der Waals surface area contributed by atoms with Gasteiger partial charge in [0.25, 0.3) is 5.91 Å². The lowest BCUT2D eigenvalue weighted by atomic mass is 10.0. The summed E-state index contributed by atoms with van der Waals surface area (Å²) in [5.41, 5.74) is 1.77. The van der Waals surface area contributed by atoms with Gasteiger partial charge in [0.15, 0.2) is 0 Å². The molecule has 0 bridgehead atoms. The quantitative estimate of drug-likeness (QED) is 0.664. The first-order chi connectivity index (χ1) is 11.3. The van der Waals surface area contributed by atoms with Crippen LogP contribution in [0.1, 0.15) is 26.8 Å². The van der Waals surface area contributed by atoms with Crippen LogP contribution in [-0.4, -0.2) is 12.2 Å². The van der Waals surface area contributed by atoms with E-state index in [4.69, 9.17) is 0 Å². The summed E-state index contributed by atoms with van der Waals surface area (Å²) < 4.78 is 0. The molecule has 1 atom stereocenters. The number of rotatable bonds is 5. The molecule has 0 fully saturated rings. The zero-order chi connectivity index (χ0) is 16.1. The van der Waals surface area contributed by atoms with Gasteiger partial charge in [0.1, 0.15) is 0 Å². The highest BCUT2D eigenvalue weighted by Gasteiger charge is 2.18. The van der Waals surface area contributed by atoms with Gasteiger partial charge < -0.3 is 5.32 Å². The van der Waals surface area contributed by atoms with Gasteiger partial charge in [0.2, 0.25) is 0 Å². The number of thioether (sulfide) groups is 1. The van der Waals surface area contributed by atoms with Crippen LogP contribution < -0.4 is 5.32 Å². The molecule has 2 nitrogen and oxygen atoms in total. The van der Waals surface area contributed by atoms with Crippen molar-refractivity contribution in [2.24, 2.45) is 0 Å². The largest absolute Gasteiger partial charge is 0.340 e. The fraction of sp³-hybridized carbons (Fsp3) is 0.105. The lowest BCUT2D eigenvalue weighted by Crippen LogP contribution is -2.28. The lowest BCUT2D eigenvalue weighted by molar-refractivity contribution is 0.0943. The molecule has 1 aromatic heterocycles. The zero-order valence-corrected chi connectivity index (χ0v) is 14.4. The van der Waals surface area contributed by atoms with Crippen molar-refractivity contribution >= 4 is 29.0 Å². The van der Waals surface area contributed by atoms with E-state index in [1.807, 2.05) is 72.3 Å². The zero-order valence-electron chi connectivity index (χ0n) is 12.7. The van der Waals surface area contributed by atoms with Gasteiger partial charge in [-0.25, -0.2) is 0 Å². The molecule has 0 aliphatic heterocycles. The fourth-order valence-corrected chi connectivity index (χ4v) is 3.59. The molecule has 0 radical (unpaired) electrons. The summed E-state index contributed by atoms with van der Waals surface area (Å²) in [6.45, 7) is 0. The van der Waals surface area contributed by atoms with Gasteiger partial charge in [-0.05, 0) is 47.5 Å². The molecule has 1 heterocycles. The molecule has 0 aliphatic carbocycles. The van der Waals surface area contributed by atoms with Gasteiger partial charge in [-0.2, -0.15) is 0 Å². The number of hydrogen-bond acceptors (Lipinski definition) is 3. The average molecular weight is 339 g/mol. The van der Waals surface area contributed by atoms with Crippen LogP contribution in [0.4, 0.5) is 0 Å². The molecule has 116 valence electrons. The predicted octanol–water partition coefficient (Wildman–Crippen LogP) is 4.99. The highest BCUT2D eigenvalue weighted by Crippen LogP contribution is 2.26. The molecule has 3 aromatic rings. The third-order valence-corrected chi connectivity index (χ3v) is 5.27. The Morgan fingerprint density at radius 1 is 1.00 bits per heavy atom. The molecule has 23 heavy (non-hydrogen) atoms. The summed E-state index contributed by atoms with van der Waals surface area (Å²) in [6, 6.07) is 21.7. The second-order valence-electron chi connectivity index (χ2n) is 5.06. The predicted molar refractivity (Wildman–Crippen MR) is 98.3 cm³/mol. The molecule has 0 spiro atoms. The standard InChI is InChI=1S/C19H17NOS2/c1-22-16-11-9-15(10-12-16)19(21)20-18(17-8-5-13-23-17)14-6-3-2-4-7-14/h2-13,18H,1H3,(H,20,21). The van der Waals surface area contributed by atoms with Gasteiger partial charge >= 0.3 is 0 Å². The Labute approximate surface area is 144 Å². The van der Waals surface area contributed by atoms with E-state index in [1.54, 1.807) is 23.1 Å². The van der Waals surface area contributed by atoms with E-state index in [-0.39, 0.29) is 11.9 Å². The summed E-state index contributed by atoms with van der Waals surface area (Å²) >= 11 is 3.32. The van der Waals surface area contributed by atoms with Crippen molar-refractivity contribution < 1.29 is 4.79 Å². The summed E-state index contributed by atoms with van der Waals surface area (Å²) in [6.07, 6.45) is 2.03. The van der Waals surface area contributed by atoms with Crippen LogP contribution in [0.2, 0.25) is 0 Å². The van der Waals surface area contributed by atoms with Gasteiger partial charge in [-0.1, -0.05) is 36.4 Å². The minimum absolute atomic E-state index is 0.0556. The Kier molecular flexibility index (Phi) is 5.16.